The molecule has 1 N–H and O–H groups in total. The van der Waals surface area contributed by atoms with E-state index in [1.165, 1.54) is 5.56 Å². The Morgan fingerprint density at radius 1 is 1.11 bits per heavy atom. The number of halogens is 1. The van der Waals surface area contributed by atoms with Crippen LogP contribution in [0.25, 0.3) is 0 Å². The molecular weight excluding hydrogens is 246 g/mol. The van der Waals surface area contributed by atoms with Gasteiger partial charge in [0.1, 0.15) is 11.5 Å². The van der Waals surface area contributed by atoms with Crippen LogP contribution in [0, 0.1) is 20.8 Å². The highest BCUT2D eigenvalue weighted by atomic mass is 35.5. The molecule has 0 spiro atoms. The number of benzene rings is 1. The van der Waals surface area contributed by atoms with E-state index < -0.39 is 0 Å². The minimum atomic E-state index is 0.0653. The highest BCUT2D eigenvalue weighted by molar-refractivity contribution is 6.31. The van der Waals surface area contributed by atoms with Crippen molar-refractivity contribution in [3.05, 3.63) is 57.5 Å². The van der Waals surface area contributed by atoms with Crippen LogP contribution in [0.4, 0.5) is 0 Å². The maximum atomic E-state index is 6.34. The van der Waals surface area contributed by atoms with Crippen LogP contribution in [0.5, 0.6) is 0 Å². The number of hydrogen-bond donors (Lipinski definition) is 1. The van der Waals surface area contributed by atoms with Crippen LogP contribution < -0.4 is 5.32 Å². The molecule has 0 bridgehead atoms. The van der Waals surface area contributed by atoms with Gasteiger partial charge in [-0.05, 0) is 51.1 Å². The van der Waals surface area contributed by atoms with Gasteiger partial charge in [-0.25, -0.2) is 0 Å². The molecule has 1 aromatic carbocycles. The molecule has 1 aromatic heterocycles. The van der Waals surface area contributed by atoms with Crippen molar-refractivity contribution in [1.29, 1.82) is 0 Å². The highest BCUT2D eigenvalue weighted by Gasteiger charge is 2.19. The summed E-state index contributed by atoms with van der Waals surface area (Å²) in [6.45, 7) is 5.98. The van der Waals surface area contributed by atoms with Crippen LogP contribution in [0.1, 0.15) is 34.3 Å². The molecule has 0 aliphatic heterocycles. The third-order valence-corrected chi connectivity index (χ3v) is 3.47. The van der Waals surface area contributed by atoms with Crippen LogP contribution in [-0.4, -0.2) is 7.05 Å². The Morgan fingerprint density at radius 3 is 2.33 bits per heavy atom. The second kappa shape index (κ2) is 5.17. The molecule has 2 nitrogen and oxygen atoms in total. The number of rotatable bonds is 3. The molecule has 0 fully saturated rings. The molecule has 96 valence electrons. The lowest BCUT2D eigenvalue weighted by Crippen LogP contribution is -2.18. The lowest BCUT2D eigenvalue weighted by molar-refractivity contribution is 0.497. The molecule has 0 aliphatic carbocycles. The van der Waals surface area contributed by atoms with Crippen LogP contribution >= 0.6 is 11.6 Å². The Kier molecular flexibility index (Phi) is 3.79. The minimum Gasteiger partial charge on any atom is -0.466 e. The zero-order chi connectivity index (χ0) is 13.3. The molecule has 2 rings (SSSR count). The number of furan rings is 1. The van der Waals surface area contributed by atoms with Crippen LogP contribution in [-0.2, 0) is 0 Å². The van der Waals surface area contributed by atoms with E-state index in [1.54, 1.807) is 0 Å². The van der Waals surface area contributed by atoms with Gasteiger partial charge < -0.3 is 9.73 Å². The molecule has 0 aliphatic rings. The van der Waals surface area contributed by atoms with Gasteiger partial charge in [-0.2, -0.15) is 0 Å². The van der Waals surface area contributed by atoms with Crippen molar-refractivity contribution in [2.45, 2.75) is 26.8 Å². The summed E-state index contributed by atoms with van der Waals surface area (Å²) < 4.78 is 5.60. The second-order valence-corrected chi connectivity index (χ2v) is 5.02. The maximum absolute atomic E-state index is 6.34. The van der Waals surface area contributed by atoms with E-state index in [0.717, 1.165) is 27.7 Å². The number of nitrogens with one attached hydrogen (secondary N) is 1. The van der Waals surface area contributed by atoms with Gasteiger partial charge in [0.05, 0.1) is 6.04 Å². The van der Waals surface area contributed by atoms with E-state index in [9.17, 15) is 0 Å². The van der Waals surface area contributed by atoms with Crippen LogP contribution in [0.2, 0.25) is 5.02 Å². The summed E-state index contributed by atoms with van der Waals surface area (Å²) in [4.78, 5) is 0. The largest absolute Gasteiger partial charge is 0.466 e. The monoisotopic (exact) mass is 263 g/mol. The van der Waals surface area contributed by atoms with Gasteiger partial charge in [0, 0.05) is 10.6 Å². The fourth-order valence-electron chi connectivity index (χ4n) is 2.28. The molecule has 0 saturated heterocycles. The molecule has 0 amide bonds. The quantitative estimate of drug-likeness (QED) is 0.899. The van der Waals surface area contributed by atoms with Crippen molar-refractivity contribution in [3.8, 4) is 0 Å². The SMILES string of the molecule is CNC(c1ccc(C)cc1Cl)c1cc(C)oc1C. The number of hydrogen-bond acceptors (Lipinski definition) is 2. The minimum absolute atomic E-state index is 0.0653. The van der Waals surface area contributed by atoms with Crippen molar-refractivity contribution in [3.63, 3.8) is 0 Å². The molecule has 18 heavy (non-hydrogen) atoms. The van der Waals surface area contributed by atoms with E-state index in [0.29, 0.717) is 0 Å². The Bertz CT molecular complexity index is 560. The summed E-state index contributed by atoms with van der Waals surface area (Å²) in [5.41, 5.74) is 3.38. The van der Waals surface area contributed by atoms with Gasteiger partial charge in [0.2, 0.25) is 0 Å². The zero-order valence-electron chi connectivity index (χ0n) is 11.2. The van der Waals surface area contributed by atoms with Crippen molar-refractivity contribution in [2.75, 3.05) is 7.05 Å². The van der Waals surface area contributed by atoms with E-state index in [1.807, 2.05) is 33.9 Å². The van der Waals surface area contributed by atoms with Crippen molar-refractivity contribution in [1.82, 2.24) is 5.32 Å². The van der Waals surface area contributed by atoms with Crippen molar-refractivity contribution < 1.29 is 4.42 Å². The number of aryl methyl sites for hydroxylation is 3. The van der Waals surface area contributed by atoms with Crippen molar-refractivity contribution in [2.24, 2.45) is 0 Å². The van der Waals surface area contributed by atoms with Gasteiger partial charge in [-0.1, -0.05) is 23.7 Å². The first-order chi connectivity index (χ1) is 8.52. The Morgan fingerprint density at radius 2 is 1.83 bits per heavy atom. The predicted octanol–water partition coefficient (Wildman–Crippen LogP) is 4.17. The van der Waals surface area contributed by atoms with Crippen molar-refractivity contribution >= 4 is 11.6 Å². The molecule has 1 atom stereocenters. The van der Waals surface area contributed by atoms with Gasteiger partial charge in [-0.3, -0.25) is 0 Å². The normalized spacial score (nSPS) is 12.7. The fraction of sp³-hybridized carbons (Fsp3) is 0.333. The van der Waals surface area contributed by atoms with Crippen LogP contribution in [0.3, 0.4) is 0 Å². The first kappa shape index (κ1) is 13.2. The Labute approximate surface area is 113 Å². The summed E-state index contributed by atoms with van der Waals surface area (Å²) in [5.74, 6) is 1.86. The van der Waals surface area contributed by atoms with E-state index in [4.69, 9.17) is 16.0 Å². The average Bonchev–Trinajstić information content (AvgIpc) is 2.62. The van der Waals surface area contributed by atoms with Gasteiger partial charge >= 0.3 is 0 Å². The zero-order valence-corrected chi connectivity index (χ0v) is 11.9. The molecule has 0 radical (unpaired) electrons. The third kappa shape index (κ3) is 2.45. The van der Waals surface area contributed by atoms with Crippen LogP contribution in [0.15, 0.2) is 28.7 Å². The topological polar surface area (TPSA) is 25.2 Å². The van der Waals surface area contributed by atoms with Gasteiger partial charge in [0.25, 0.3) is 0 Å². The summed E-state index contributed by atoms with van der Waals surface area (Å²) >= 11 is 6.34. The van der Waals surface area contributed by atoms with Gasteiger partial charge in [-0.15, -0.1) is 0 Å². The lowest BCUT2D eigenvalue weighted by atomic mass is 9.98. The van der Waals surface area contributed by atoms with Gasteiger partial charge in [0.15, 0.2) is 0 Å². The Hall–Kier alpha value is -1.25. The van der Waals surface area contributed by atoms with E-state index >= 15 is 0 Å². The van der Waals surface area contributed by atoms with E-state index in [2.05, 4.69) is 23.5 Å². The van der Waals surface area contributed by atoms with E-state index in [-0.39, 0.29) is 6.04 Å². The molecule has 2 aromatic rings. The average molecular weight is 264 g/mol. The molecule has 1 unspecified atom stereocenters. The second-order valence-electron chi connectivity index (χ2n) is 4.62. The standard InChI is InChI=1S/C15H18ClNO/c1-9-5-6-12(14(16)7-9)15(17-4)13-8-10(2)18-11(13)3/h5-8,15,17H,1-4H3. The highest BCUT2D eigenvalue weighted by Crippen LogP contribution is 2.31. The first-order valence-corrected chi connectivity index (χ1v) is 6.41. The molecule has 0 saturated carbocycles. The summed E-state index contributed by atoms with van der Waals surface area (Å²) in [5, 5.41) is 4.09. The maximum Gasteiger partial charge on any atom is 0.106 e. The lowest BCUT2D eigenvalue weighted by Gasteiger charge is -2.18. The molecule has 3 heteroatoms. The first-order valence-electron chi connectivity index (χ1n) is 6.03. The summed E-state index contributed by atoms with van der Waals surface area (Å²) in [6.07, 6.45) is 0. The smallest absolute Gasteiger partial charge is 0.106 e. The predicted molar refractivity (Wildman–Crippen MR) is 75.3 cm³/mol. The summed E-state index contributed by atoms with van der Waals surface area (Å²) in [7, 11) is 1.93. The fourth-order valence-corrected chi connectivity index (χ4v) is 2.63. The molecule has 1 heterocycles. The summed E-state index contributed by atoms with van der Waals surface area (Å²) in [6, 6.07) is 8.26. The Balaban J connectivity index is 2.48. The molecular formula is C15H18ClNO. The third-order valence-electron chi connectivity index (χ3n) is 3.15.